The van der Waals surface area contributed by atoms with Gasteiger partial charge in [0.1, 0.15) is 6.17 Å². The molecule has 1 aromatic carbocycles. The molecule has 1 aliphatic carbocycles. The number of halogens is 1. The van der Waals surface area contributed by atoms with Crippen LogP contribution < -0.4 is 5.32 Å². The van der Waals surface area contributed by atoms with Crippen LogP contribution in [0, 0.1) is 0 Å². The molecule has 0 radical (unpaired) electrons. The number of benzene rings is 1. The largest absolute Gasteiger partial charge is 0.379 e. The third kappa shape index (κ3) is 2.68. The first-order valence-corrected chi connectivity index (χ1v) is 7.86. The summed E-state index contributed by atoms with van der Waals surface area (Å²) >= 11 is 6.10. The van der Waals surface area contributed by atoms with E-state index in [1.165, 1.54) is 0 Å². The number of carbonyl (C=O) groups excluding carboxylic acids is 1. The molecule has 1 aliphatic heterocycles. The van der Waals surface area contributed by atoms with Gasteiger partial charge in [-0.3, -0.25) is 10.1 Å². The minimum atomic E-state index is -0.174. The number of amides is 1. The maximum absolute atomic E-state index is 12.6. The molecule has 2 fully saturated rings. The Hall–Kier alpha value is -1.10. The normalized spacial score (nSPS) is 32.9. The molecule has 0 bridgehead atoms. The highest BCUT2D eigenvalue weighted by Crippen LogP contribution is 2.35. The Balaban J connectivity index is 1.93. The summed E-state index contributed by atoms with van der Waals surface area (Å²) in [6.45, 7) is 1.91. The van der Waals surface area contributed by atoms with Crippen molar-refractivity contribution in [2.24, 2.45) is 0 Å². The molecule has 1 N–H and O–H groups in total. The second-order valence-corrected chi connectivity index (χ2v) is 6.30. The molecule has 5 heteroatoms. The zero-order valence-corrected chi connectivity index (χ0v) is 13.1. The van der Waals surface area contributed by atoms with Gasteiger partial charge in [-0.25, -0.2) is 0 Å². The average Bonchev–Trinajstić information content (AvgIpc) is 3.04. The maximum Gasteiger partial charge on any atom is 0.241 e. The van der Waals surface area contributed by atoms with Gasteiger partial charge in [0.05, 0.1) is 18.2 Å². The smallest absolute Gasteiger partial charge is 0.241 e. The minimum absolute atomic E-state index is 0.119. The van der Waals surface area contributed by atoms with Crippen molar-refractivity contribution in [1.29, 1.82) is 0 Å². The zero-order valence-electron chi connectivity index (χ0n) is 12.4. The lowest BCUT2D eigenvalue weighted by atomic mass is 10.1. The summed E-state index contributed by atoms with van der Waals surface area (Å²) < 4.78 is 5.58. The molecule has 1 amide bonds. The van der Waals surface area contributed by atoms with Gasteiger partial charge >= 0.3 is 0 Å². The molecule has 21 heavy (non-hydrogen) atoms. The number of rotatable bonds is 3. The number of hydrogen-bond acceptors (Lipinski definition) is 3. The van der Waals surface area contributed by atoms with Crippen molar-refractivity contribution in [2.45, 2.75) is 50.5 Å². The third-order valence-corrected chi connectivity index (χ3v) is 4.79. The number of methoxy groups -OCH3 is 1. The van der Waals surface area contributed by atoms with Crippen LogP contribution in [0.15, 0.2) is 24.3 Å². The highest BCUT2D eigenvalue weighted by atomic mass is 35.5. The number of hydrogen-bond donors (Lipinski definition) is 1. The van der Waals surface area contributed by atoms with Gasteiger partial charge in [0, 0.05) is 12.1 Å². The molecule has 1 saturated heterocycles. The molecular weight excluding hydrogens is 288 g/mol. The van der Waals surface area contributed by atoms with Crippen LogP contribution in [0.2, 0.25) is 5.02 Å². The van der Waals surface area contributed by atoms with E-state index in [-0.39, 0.29) is 30.3 Å². The van der Waals surface area contributed by atoms with E-state index in [4.69, 9.17) is 16.3 Å². The number of carbonyl (C=O) groups is 1. The highest BCUT2D eigenvalue weighted by molar-refractivity contribution is 6.30. The summed E-state index contributed by atoms with van der Waals surface area (Å²) in [7, 11) is 1.73. The predicted molar refractivity (Wildman–Crippen MR) is 82.1 cm³/mol. The molecule has 0 aromatic heterocycles. The van der Waals surface area contributed by atoms with Crippen molar-refractivity contribution in [1.82, 2.24) is 10.2 Å². The Morgan fingerprint density at radius 3 is 2.90 bits per heavy atom. The van der Waals surface area contributed by atoms with Gasteiger partial charge in [0.15, 0.2) is 0 Å². The quantitative estimate of drug-likeness (QED) is 0.933. The molecule has 1 heterocycles. The SMILES string of the molecule is COC1CCCC1N1C(=O)C(C)NC1c1cccc(Cl)c1. The van der Waals surface area contributed by atoms with Gasteiger partial charge < -0.3 is 9.64 Å². The van der Waals surface area contributed by atoms with E-state index in [1.54, 1.807) is 7.11 Å². The van der Waals surface area contributed by atoms with Gasteiger partial charge in [-0.15, -0.1) is 0 Å². The van der Waals surface area contributed by atoms with Crippen LogP contribution in [0.5, 0.6) is 0 Å². The van der Waals surface area contributed by atoms with E-state index >= 15 is 0 Å². The molecule has 1 aromatic rings. The number of ether oxygens (including phenoxy) is 1. The van der Waals surface area contributed by atoms with Gasteiger partial charge in [0.25, 0.3) is 0 Å². The lowest BCUT2D eigenvalue weighted by molar-refractivity contribution is -0.134. The second kappa shape index (κ2) is 5.95. The fourth-order valence-electron chi connectivity index (χ4n) is 3.53. The summed E-state index contributed by atoms with van der Waals surface area (Å²) in [5.41, 5.74) is 1.03. The summed E-state index contributed by atoms with van der Waals surface area (Å²) in [5, 5.41) is 4.07. The van der Waals surface area contributed by atoms with Crippen molar-refractivity contribution in [3.8, 4) is 0 Å². The van der Waals surface area contributed by atoms with Crippen LogP contribution in [0.4, 0.5) is 0 Å². The first-order chi connectivity index (χ1) is 10.1. The van der Waals surface area contributed by atoms with E-state index in [9.17, 15) is 4.79 Å². The standard InChI is InChI=1S/C16H21ClN2O2/c1-10-16(20)19(13-7-4-8-14(13)21-2)15(18-10)11-5-3-6-12(17)9-11/h3,5-6,9-10,13-15,18H,4,7-8H2,1-2H3. The van der Waals surface area contributed by atoms with E-state index in [0.29, 0.717) is 5.02 Å². The summed E-state index contributed by atoms with van der Waals surface area (Å²) in [5.74, 6) is 0.147. The van der Waals surface area contributed by atoms with Crippen LogP contribution >= 0.6 is 11.6 Å². The summed E-state index contributed by atoms with van der Waals surface area (Å²) in [6.07, 6.45) is 3.12. The van der Waals surface area contributed by atoms with Crippen molar-refractivity contribution in [3.63, 3.8) is 0 Å². The molecule has 3 rings (SSSR count). The Morgan fingerprint density at radius 2 is 2.19 bits per heavy atom. The molecule has 4 atom stereocenters. The first-order valence-electron chi connectivity index (χ1n) is 7.48. The lowest BCUT2D eigenvalue weighted by Gasteiger charge is -2.33. The summed E-state index contributed by atoms with van der Waals surface area (Å²) in [6, 6.07) is 7.68. The van der Waals surface area contributed by atoms with E-state index < -0.39 is 0 Å². The fourth-order valence-corrected chi connectivity index (χ4v) is 3.73. The molecule has 114 valence electrons. The van der Waals surface area contributed by atoms with Crippen LogP contribution in [0.1, 0.15) is 37.9 Å². The van der Waals surface area contributed by atoms with E-state index in [0.717, 1.165) is 24.8 Å². The van der Waals surface area contributed by atoms with Gasteiger partial charge in [-0.05, 0) is 43.9 Å². The van der Waals surface area contributed by atoms with Gasteiger partial charge in [-0.1, -0.05) is 23.7 Å². The zero-order chi connectivity index (χ0) is 15.0. The molecular formula is C16H21ClN2O2. The number of nitrogens with one attached hydrogen (secondary N) is 1. The van der Waals surface area contributed by atoms with Crippen LogP contribution in [0.25, 0.3) is 0 Å². The molecule has 1 saturated carbocycles. The third-order valence-electron chi connectivity index (χ3n) is 4.55. The fraction of sp³-hybridized carbons (Fsp3) is 0.562. The summed E-state index contributed by atoms with van der Waals surface area (Å²) in [4.78, 5) is 14.6. The molecule has 4 unspecified atom stereocenters. The molecule has 4 nitrogen and oxygen atoms in total. The van der Waals surface area contributed by atoms with Crippen molar-refractivity contribution < 1.29 is 9.53 Å². The highest BCUT2D eigenvalue weighted by Gasteiger charge is 2.45. The lowest BCUT2D eigenvalue weighted by Crippen LogP contribution is -2.44. The average molecular weight is 309 g/mol. The Labute approximate surface area is 130 Å². The van der Waals surface area contributed by atoms with E-state index in [1.807, 2.05) is 36.1 Å². The number of nitrogens with zero attached hydrogens (tertiary/aromatic N) is 1. The van der Waals surface area contributed by atoms with Crippen molar-refractivity contribution in [3.05, 3.63) is 34.9 Å². The monoisotopic (exact) mass is 308 g/mol. The second-order valence-electron chi connectivity index (χ2n) is 5.86. The maximum atomic E-state index is 12.6. The predicted octanol–water partition coefficient (Wildman–Crippen LogP) is 2.73. The van der Waals surface area contributed by atoms with Crippen LogP contribution in [0.3, 0.4) is 0 Å². The van der Waals surface area contributed by atoms with Gasteiger partial charge in [-0.2, -0.15) is 0 Å². The van der Waals surface area contributed by atoms with Crippen molar-refractivity contribution >= 4 is 17.5 Å². The Kier molecular flexibility index (Phi) is 4.20. The minimum Gasteiger partial charge on any atom is -0.379 e. The van der Waals surface area contributed by atoms with E-state index in [2.05, 4.69) is 5.32 Å². The molecule has 2 aliphatic rings. The van der Waals surface area contributed by atoms with Crippen molar-refractivity contribution in [2.75, 3.05) is 7.11 Å². The first kappa shape index (κ1) is 14.8. The Bertz CT molecular complexity index is 537. The molecule has 0 spiro atoms. The topological polar surface area (TPSA) is 41.6 Å². The van der Waals surface area contributed by atoms with Gasteiger partial charge in [0.2, 0.25) is 5.91 Å². The van der Waals surface area contributed by atoms with Crippen LogP contribution in [-0.2, 0) is 9.53 Å². The van der Waals surface area contributed by atoms with Crippen LogP contribution in [-0.4, -0.2) is 36.1 Å². The Morgan fingerprint density at radius 1 is 1.38 bits per heavy atom.